The van der Waals surface area contributed by atoms with Crippen molar-refractivity contribution in [2.45, 2.75) is 33.3 Å². The number of carboxylic acids is 1. The molecular weight excluding hydrogens is 394 g/mol. The Morgan fingerprint density at radius 2 is 2.06 bits per heavy atom. The number of rotatable bonds is 8. The molecule has 1 N–H and O–H groups in total. The van der Waals surface area contributed by atoms with Crippen molar-refractivity contribution in [3.63, 3.8) is 0 Å². The Kier molecular flexibility index (Phi) is 5.62. The van der Waals surface area contributed by atoms with Gasteiger partial charge in [-0.05, 0) is 54.8 Å². The molecule has 31 heavy (non-hydrogen) atoms. The van der Waals surface area contributed by atoms with Gasteiger partial charge in [0.25, 0.3) is 0 Å². The van der Waals surface area contributed by atoms with E-state index in [1.165, 1.54) is 6.08 Å². The van der Waals surface area contributed by atoms with Crippen molar-refractivity contribution in [3.05, 3.63) is 78.2 Å². The molecule has 6 heteroatoms. The molecule has 0 bridgehead atoms. The maximum atomic E-state index is 11.0. The number of aromatic nitrogens is 1. The molecule has 3 heterocycles. The Morgan fingerprint density at radius 1 is 1.23 bits per heavy atom. The van der Waals surface area contributed by atoms with Crippen LogP contribution in [-0.4, -0.2) is 16.1 Å². The largest absolute Gasteiger partial charge is 0.489 e. The zero-order chi connectivity index (χ0) is 22.0. The van der Waals surface area contributed by atoms with Crippen molar-refractivity contribution in [2.75, 3.05) is 0 Å². The van der Waals surface area contributed by atoms with Crippen LogP contribution in [0.5, 0.6) is 0 Å². The van der Waals surface area contributed by atoms with Crippen LogP contribution in [0.1, 0.15) is 31.5 Å². The van der Waals surface area contributed by atoms with E-state index in [2.05, 4.69) is 24.6 Å². The molecule has 0 aliphatic rings. The first-order chi connectivity index (χ1) is 15.0. The monoisotopic (exact) mass is 417 g/mol. The summed E-state index contributed by atoms with van der Waals surface area (Å²) in [4.78, 5) is 15.4. The van der Waals surface area contributed by atoms with Crippen LogP contribution in [0.2, 0.25) is 0 Å². The zero-order valence-electron chi connectivity index (χ0n) is 17.5. The highest BCUT2D eigenvalue weighted by Crippen LogP contribution is 2.38. The van der Waals surface area contributed by atoms with Crippen molar-refractivity contribution in [2.24, 2.45) is 0 Å². The van der Waals surface area contributed by atoms with E-state index < -0.39 is 5.97 Å². The van der Waals surface area contributed by atoms with E-state index in [0.29, 0.717) is 11.3 Å². The topological polar surface area (TPSA) is 85.7 Å². The first kappa shape index (κ1) is 20.5. The summed E-state index contributed by atoms with van der Waals surface area (Å²) in [6.45, 7) is 7.76. The number of carboxylic acid groups (broad SMARTS) is 1. The molecule has 158 valence electrons. The Hall–Kier alpha value is -3.80. The highest BCUT2D eigenvalue weighted by atomic mass is 16.5. The average molecular weight is 417 g/mol. The number of nitrogens with zero attached hydrogens (tertiary/aromatic N) is 1. The summed E-state index contributed by atoms with van der Waals surface area (Å²) >= 11 is 0. The van der Waals surface area contributed by atoms with Crippen LogP contribution >= 0.6 is 0 Å². The van der Waals surface area contributed by atoms with E-state index in [4.69, 9.17) is 18.7 Å². The van der Waals surface area contributed by atoms with E-state index in [1.54, 1.807) is 25.6 Å². The molecule has 0 unspecified atom stereocenters. The number of carbonyl (C=O) groups is 1. The van der Waals surface area contributed by atoms with Crippen LogP contribution in [0.25, 0.3) is 33.1 Å². The van der Waals surface area contributed by atoms with Gasteiger partial charge in [-0.25, -0.2) is 0 Å². The summed E-state index contributed by atoms with van der Waals surface area (Å²) in [5.41, 5.74) is 5.92. The Labute approximate surface area is 179 Å². The van der Waals surface area contributed by atoms with Crippen molar-refractivity contribution in [1.82, 2.24) is 4.98 Å². The third-order valence-corrected chi connectivity index (χ3v) is 5.25. The van der Waals surface area contributed by atoms with Gasteiger partial charge in [-0.15, -0.1) is 0 Å². The van der Waals surface area contributed by atoms with Crippen molar-refractivity contribution >= 4 is 27.9 Å². The summed E-state index contributed by atoms with van der Waals surface area (Å²) in [6, 6.07) is 7.96. The second-order valence-corrected chi connectivity index (χ2v) is 7.32. The van der Waals surface area contributed by atoms with Crippen LogP contribution in [0.4, 0.5) is 0 Å². The Balaban J connectivity index is 1.77. The molecule has 4 aromatic rings. The van der Waals surface area contributed by atoms with Crippen LogP contribution in [0.15, 0.2) is 75.8 Å². The Bertz CT molecular complexity index is 1310. The molecule has 4 rings (SSSR count). The third-order valence-electron chi connectivity index (χ3n) is 5.25. The van der Waals surface area contributed by atoms with Gasteiger partial charge in [0.05, 0.1) is 24.3 Å². The van der Waals surface area contributed by atoms with Gasteiger partial charge in [-0.1, -0.05) is 13.5 Å². The normalized spacial score (nSPS) is 12.2. The maximum absolute atomic E-state index is 11.0. The summed E-state index contributed by atoms with van der Waals surface area (Å²) < 4.78 is 17.5. The fourth-order valence-corrected chi connectivity index (χ4v) is 3.67. The average Bonchev–Trinajstić information content (AvgIpc) is 3.40. The SMILES string of the molecule is C=C/C(OCc1coc2c1cc(-c1ccnc(CC)c1)c1occc12)=C(\C)CC(=O)O. The minimum atomic E-state index is -0.912. The fraction of sp³-hybridized carbons (Fsp3) is 0.200. The second kappa shape index (κ2) is 8.52. The molecule has 0 amide bonds. The predicted molar refractivity (Wildman–Crippen MR) is 119 cm³/mol. The van der Waals surface area contributed by atoms with Gasteiger partial charge in [0, 0.05) is 28.4 Å². The Morgan fingerprint density at radius 3 is 2.81 bits per heavy atom. The first-order valence-electron chi connectivity index (χ1n) is 10.0. The third kappa shape index (κ3) is 3.97. The lowest BCUT2D eigenvalue weighted by atomic mass is 10.00. The highest BCUT2D eigenvalue weighted by molar-refractivity contribution is 6.10. The predicted octanol–water partition coefficient (Wildman–Crippen LogP) is 6.25. The van der Waals surface area contributed by atoms with Gasteiger partial charge in [0.1, 0.15) is 23.5 Å². The number of benzene rings is 1. The molecule has 0 radical (unpaired) electrons. The lowest BCUT2D eigenvalue weighted by molar-refractivity contribution is -0.136. The standard InChI is InChI=1S/C25H23NO5/c1-4-18-11-16(6-8-26-18)20-12-21-17(13-30-22(5-2)15(3)10-23(27)28)14-31-25(21)19-7-9-29-24(19)20/h5-9,11-12,14H,2,4,10,13H2,1,3H3,(H,27,28)/b22-15-. The quantitative estimate of drug-likeness (QED) is 0.269. The number of pyridine rings is 1. The zero-order valence-corrected chi connectivity index (χ0v) is 17.5. The number of furan rings is 2. The summed E-state index contributed by atoms with van der Waals surface area (Å²) in [6.07, 6.45) is 7.40. The maximum Gasteiger partial charge on any atom is 0.307 e. The number of allylic oxidation sites excluding steroid dienone is 1. The number of hydrogen-bond donors (Lipinski definition) is 1. The minimum Gasteiger partial charge on any atom is -0.489 e. The van der Waals surface area contributed by atoms with E-state index in [-0.39, 0.29) is 13.0 Å². The molecule has 0 aliphatic heterocycles. The van der Waals surface area contributed by atoms with E-state index in [1.807, 2.05) is 18.2 Å². The molecule has 1 aromatic carbocycles. The molecule has 6 nitrogen and oxygen atoms in total. The first-order valence-corrected chi connectivity index (χ1v) is 10.0. The van der Waals surface area contributed by atoms with Crippen molar-refractivity contribution in [1.29, 1.82) is 0 Å². The lowest BCUT2D eigenvalue weighted by Gasteiger charge is -2.10. The number of ether oxygens (including phenoxy) is 1. The molecule has 0 saturated carbocycles. The summed E-state index contributed by atoms with van der Waals surface area (Å²) in [5.74, 6) is -0.451. The molecular formula is C25H23NO5. The molecule has 0 aliphatic carbocycles. The smallest absolute Gasteiger partial charge is 0.307 e. The number of aryl methyl sites for hydroxylation is 1. The van der Waals surface area contributed by atoms with Crippen LogP contribution in [0.3, 0.4) is 0 Å². The number of aliphatic carboxylic acids is 1. The lowest BCUT2D eigenvalue weighted by Crippen LogP contribution is -2.00. The summed E-state index contributed by atoms with van der Waals surface area (Å²) in [7, 11) is 0. The molecule has 0 atom stereocenters. The molecule has 0 fully saturated rings. The van der Waals surface area contributed by atoms with Crippen LogP contribution < -0.4 is 0 Å². The molecule has 0 saturated heterocycles. The van der Waals surface area contributed by atoms with Crippen LogP contribution in [-0.2, 0) is 22.6 Å². The van der Waals surface area contributed by atoms with E-state index >= 15 is 0 Å². The number of hydrogen-bond acceptors (Lipinski definition) is 5. The second-order valence-electron chi connectivity index (χ2n) is 7.32. The summed E-state index contributed by atoms with van der Waals surface area (Å²) in [5, 5.41) is 10.8. The van der Waals surface area contributed by atoms with Crippen LogP contribution in [0, 0.1) is 0 Å². The van der Waals surface area contributed by atoms with Gasteiger partial charge < -0.3 is 18.7 Å². The highest BCUT2D eigenvalue weighted by Gasteiger charge is 2.17. The molecule has 0 spiro atoms. The van der Waals surface area contributed by atoms with Gasteiger partial charge in [-0.3, -0.25) is 9.78 Å². The van der Waals surface area contributed by atoms with E-state index in [0.717, 1.165) is 50.7 Å². The van der Waals surface area contributed by atoms with Gasteiger partial charge >= 0.3 is 5.97 Å². The van der Waals surface area contributed by atoms with Gasteiger partial charge in [0.15, 0.2) is 0 Å². The molecule has 3 aromatic heterocycles. The minimum absolute atomic E-state index is 0.102. The van der Waals surface area contributed by atoms with E-state index in [9.17, 15) is 4.79 Å². The van der Waals surface area contributed by atoms with Gasteiger partial charge in [0.2, 0.25) is 0 Å². The number of fused-ring (bicyclic) bond motifs is 3. The van der Waals surface area contributed by atoms with Gasteiger partial charge in [-0.2, -0.15) is 0 Å². The fourth-order valence-electron chi connectivity index (χ4n) is 3.67. The van der Waals surface area contributed by atoms with Crippen molar-refractivity contribution in [3.8, 4) is 11.1 Å². The van der Waals surface area contributed by atoms with Crippen molar-refractivity contribution < 1.29 is 23.5 Å².